The van der Waals surface area contributed by atoms with Gasteiger partial charge in [0.25, 0.3) is 0 Å². The van der Waals surface area contributed by atoms with E-state index in [1.54, 1.807) is 19.2 Å². The topological polar surface area (TPSA) is 64.3 Å². The number of ether oxygens (including phenoxy) is 1. The van der Waals surface area contributed by atoms with Crippen molar-refractivity contribution in [3.05, 3.63) is 24.3 Å². The third-order valence-electron chi connectivity index (χ3n) is 2.43. The number of benzene rings is 1. The van der Waals surface area contributed by atoms with Gasteiger partial charge in [-0.3, -0.25) is 4.79 Å². The quantitative estimate of drug-likeness (QED) is 0.822. The van der Waals surface area contributed by atoms with Gasteiger partial charge in [0, 0.05) is 0 Å². The van der Waals surface area contributed by atoms with Gasteiger partial charge in [0.1, 0.15) is 5.75 Å². The highest BCUT2D eigenvalue weighted by molar-refractivity contribution is 5.95. The summed E-state index contributed by atoms with van der Waals surface area (Å²) in [7, 11) is 1.57. The van der Waals surface area contributed by atoms with E-state index in [1.165, 1.54) is 0 Å². The number of nitrogens with one attached hydrogen (secondary N) is 1. The third kappa shape index (κ3) is 4.07. The molecule has 4 heteroatoms. The molecule has 0 heterocycles. The van der Waals surface area contributed by atoms with Gasteiger partial charge in [0.15, 0.2) is 0 Å². The first kappa shape index (κ1) is 13.5. The van der Waals surface area contributed by atoms with E-state index in [9.17, 15) is 4.79 Å². The molecule has 0 saturated heterocycles. The van der Waals surface area contributed by atoms with Gasteiger partial charge >= 0.3 is 0 Å². The van der Waals surface area contributed by atoms with E-state index in [0.717, 1.165) is 0 Å². The fraction of sp³-hybridized carbons (Fsp3) is 0.462. The predicted octanol–water partition coefficient (Wildman–Crippen LogP) is 2.01. The highest BCUT2D eigenvalue weighted by Crippen LogP contribution is 2.23. The molecule has 94 valence electrons. The van der Waals surface area contributed by atoms with Crippen LogP contribution in [0.5, 0.6) is 5.75 Å². The molecular weight excluding hydrogens is 216 g/mol. The van der Waals surface area contributed by atoms with Crippen LogP contribution >= 0.6 is 0 Å². The molecule has 0 aliphatic rings. The standard InChI is InChI=1S/C13H20N2O2/c1-9(2)8-10(14)13(16)15-11-6-4-5-7-12(11)17-3/h4-7,9-10H,8,14H2,1-3H3,(H,15,16)/t10-/m1/s1. The predicted molar refractivity (Wildman–Crippen MR) is 69.1 cm³/mol. The minimum Gasteiger partial charge on any atom is -0.495 e. The number of anilines is 1. The Labute approximate surface area is 102 Å². The van der Waals surface area contributed by atoms with Crippen LogP contribution in [0.25, 0.3) is 0 Å². The first-order valence-corrected chi connectivity index (χ1v) is 5.74. The average molecular weight is 236 g/mol. The normalized spacial score (nSPS) is 12.3. The summed E-state index contributed by atoms with van der Waals surface area (Å²) >= 11 is 0. The molecule has 0 fully saturated rings. The van der Waals surface area contributed by atoms with Crippen molar-refractivity contribution in [3.8, 4) is 5.75 Å². The molecular formula is C13H20N2O2. The number of hydrogen-bond acceptors (Lipinski definition) is 3. The molecule has 1 rings (SSSR count). The molecule has 0 unspecified atom stereocenters. The van der Waals surface area contributed by atoms with Crippen molar-refractivity contribution in [3.63, 3.8) is 0 Å². The molecule has 3 N–H and O–H groups in total. The Bertz CT molecular complexity index is 377. The SMILES string of the molecule is COc1ccccc1NC(=O)[C@H](N)CC(C)C. The number of amides is 1. The zero-order valence-electron chi connectivity index (χ0n) is 10.6. The lowest BCUT2D eigenvalue weighted by atomic mass is 10.0. The van der Waals surface area contributed by atoms with Crippen molar-refractivity contribution in [2.45, 2.75) is 26.3 Å². The van der Waals surface area contributed by atoms with Crippen LogP contribution < -0.4 is 15.8 Å². The van der Waals surface area contributed by atoms with Gasteiger partial charge in [-0.1, -0.05) is 26.0 Å². The first-order valence-electron chi connectivity index (χ1n) is 5.74. The van der Waals surface area contributed by atoms with Crippen molar-refractivity contribution in [1.29, 1.82) is 0 Å². The van der Waals surface area contributed by atoms with Crippen LogP contribution in [0.1, 0.15) is 20.3 Å². The molecule has 1 amide bonds. The number of carbonyl (C=O) groups is 1. The summed E-state index contributed by atoms with van der Waals surface area (Å²) in [6.45, 7) is 4.08. The smallest absolute Gasteiger partial charge is 0.241 e. The Morgan fingerprint density at radius 3 is 2.65 bits per heavy atom. The molecule has 1 aromatic rings. The van der Waals surface area contributed by atoms with E-state index in [1.807, 2.05) is 26.0 Å². The molecule has 0 aliphatic heterocycles. The molecule has 0 aliphatic carbocycles. The highest BCUT2D eigenvalue weighted by atomic mass is 16.5. The van der Waals surface area contributed by atoms with Crippen molar-refractivity contribution in [2.24, 2.45) is 11.7 Å². The summed E-state index contributed by atoms with van der Waals surface area (Å²) in [6, 6.07) is 6.79. The summed E-state index contributed by atoms with van der Waals surface area (Å²) in [4.78, 5) is 11.8. The lowest BCUT2D eigenvalue weighted by Gasteiger charge is -2.15. The highest BCUT2D eigenvalue weighted by Gasteiger charge is 2.16. The van der Waals surface area contributed by atoms with Gasteiger partial charge in [-0.15, -0.1) is 0 Å². The number of rotatable bonds is 5. The van der Waals surface area contributed by atoms with Crippen molar-refractivity contribution in [1.82, 2.24) is 0 Å². The van der Waals surface area contributed by atoms with E-state index in [4.69, 9.17) is 10.5 Å². The van der Waals surface area contributed by atoms with Crippen LogP contribution in [0.15, 0.2) is 24.3 Å². The third-order valence-corrected chi connectivity index (χ3v) is 2.43. The Balaban J connectivity index is 2.67. The molecule has 17 heavy (non-hydrogen) atoms. The van der Waals surface area contributed by atoms with Gasteiger partial charge in [-0.2, -0.15) is 0 Å². The van der Waals surface area contributed by atoms with Gasteiger partial charge in [-0.05, 0) is 24.5 Å². The second kappa shape index (κ2) is 6.25. The number of methoxy groups -OCH3 is 1. The van der Waals surface area contributed by atoms with Crippen molar-refractivity contribution >= 4 is 11.6 Å². The van der Waals surface area contributed by atoms with Gasteiger partial charge in [-0.25, -0.2) is 0 Å². The Morgan fingerprint density at radius 1 is 1.41 bits per heavy atom. The van der Waals surface area contributed by atoms with Gasteiger partial charge in [0.05, 0.1) is 18.8 Å². The van der Waals surface area contributed by atoms with E-state index in [0.29, 0.717) is 23.8 Å². The second-order valence-corrected chi connectivity index (χ2v) is 4.43. The summed E-state index contributed by atoms with van der Waals surface area (Å²) in [5.74, 6) is 0.856. The van der Waals surface area contributed by atoms with Gasteiger partial charge < -0.3 is 15.8 Å². The summed E-state index contributed by atoms with van der Waals surface area (Å²) in [5, 5.41) is 2.78. The Morgan fingerprint density at radius 2 is 2.06 bits per heavy atom. The monoisotopic (exact) mass is 236 g/mol. The van der Waals surface area contributed by atoms with E-state index < -0.39 is 6.04 Å². The fourth-order valence-electron chi connectivity index (χ4n) is 1.59. The van der Waals surface area contributed by atoms with Crippen LogP contribution in [0.4, 0.5) is 5.69 Å². The molecule has 0 aromatic heterocycles. The van der Waals surface area contributed by atoms with E-state index >= 15 is 0 Å². The van der Waals surface area contributed by atoms with Crippen LogP contribution in [-0.4, -0.2) is 19.1 Å². The van der Waals surface area contributed by atoms with Crippen LogP contribution in [-0.2, 0) is 4.79 Å². The van der Waals surface area contributed by atoms with Crippen molar-refractivity contribution < 1.29 is 9.53 Å². The number of carbonyl (C=O) groups excluding carboxylic acids is 1. The maximum Gasteiger partial charge on any atom is 0.241 e. The lowest BCUT2D eigenvalue weighted by molar-refractivity contribution is -0.117. The zero-order chi connectivity index (χ0) is 12.8. The largest absolute Gasteiger partial charge is 0.495 e. The van der Waals surface area contributed by atoms with E-state index in [-0.39, 0.29) is 5.91 Å². The maximum atomic E-state index is 11.8. The molecule has 0 bridgehead atoms. The van der Waals surface area contributed by atoms with Crippen molar-refractivity contribution in [2.75, 3.05) is 12.4 Å². The molecule has 1 aromatic carbocycles. The summed E-state index contributed by atoms with van der Waals surface area (Å²) in [5.41, 5.74) is 6.46. The Kier molecular flexibility index (Phi) is 4.97. The second-order valence-electron chi connectivity index (χ2n) is 4.43. The zero-order valence-corrected chi connectivity index (χ0v) is 10.6. The van der Waals surface area contributed by atoms with Crippen LogP contribution in [0.2, 0.25) is 0 Å². The molecule has 0 radical (unpaired) electrons. The first-order chi connectivity index (χ1) is 8.04. The van der Waals surface area contributed by atoms with Crippen LogP contribution in [0, 0.1) is 5.92 Å². The summed E-state index contributed by atoms with van der Waals surface area (Å²) in [6.07, 6.45) is 0.668. The molecule has 4 nitrogen and oxygen atoms in total. The van der Waals surface area contributed by atoms with E-state index in [2.05, 4.69) is 5.32 Å². The molecule has 0 spiro atoms. The minimum absolute atomic E-state index is 0.178. The number of para-hydroxylation sites is 2. The van der Waals surface area contributed by atoms with Gasteiger partial charge in [0.2, 0.25) is 5.91 Å². The lowest BCUT2D eigenvalue weighted by Crippen LogP contribution is -2.36. The number of nitrogens with two attached hydrogens (primary N) is 1. The molecule has 0 saturated carbocycles. The Hall–Kier alpha value is -1.55. The van der Waals surface area contributed by atoms with Crippen LogP contribution in [0.3, 0.4) is 0 Å². The number of hydrogen-bond donors (Lipinski definition) is 2. The summed E-state index contributed by atoms with van der Waals surface area (Å²) < 4.78 is 5.15. The molecule has 1 atom stereocenters. The fourth-order valence-corrected chi connectivity index (χ4v) is 1.59. The maximum absolute atomic E-state index is 11.8. The average Bonchev–Trinajstić information content (AvgIpc) is 2.28. The minimum atomic E-state index is -0.486.